The number of hydrogen-bond acceptors (Lipinski definition) is 5. The van der Waals surface area contributed by atoms with E-state index in [1.54, 1.807) is 17.5 Å². The lowest BCUT2D eigenvalue weighted by molar-refractivity contribution is -0.125. The zero-order valence-electron chi connectivity index (χ0n) is 15.5. The van der Waals surface area contributed by atoms with E-state index in [4.69, 9.17) is 0 Å². The van der Waals surface area contributed by atoms with Gasteiger partial charge < -0.3 is 10.2 Å². The fraction of sp³-hybridized carbons (Fsp3) is 0.381. The molecule has 0 aliphatic carbocycles. The molecule has 27 heavy (non-hydrogen) atoms. The highest BCUT2D eigenvalue weighted by Gasteiger charge is 2.26. The molecule has 1 amide bonds. The molecule has 0 bridgehead atoms. The Morgan fingerprint density at radius 2 is 2.00 bits per heavy atom. The zero-order valence-corrected chi connectivity index (χ0v) is 16.3. The normalized spacial score (nSPS) is 16.4. The van der Waals surface area contributed by atoms with Crippen LogP contribution in [0.2, 0.25) is 0 Å². The van der Waals surface area contributed by atoms with Crippen molar-refractivity contribution < 1.29 is 4.79 Å². The average molecular weight is 381 g/mol. The predicted octanol–water partition coefficient (Wildman–Crippen LogP) is 3.83. The predicted molar refractivity (Wildman–Crippen MR) is 110 cm³/mol. The first-order valence-electron chi connectivity index (χ1n) is 9.50. The molecule has 0 saturated carbocycles. The van der Waals surface area contributed by atoms with Crippen molar-refractivity contribution >= 4 is 32.7 Å². The van der Waals surface area contributed by atoms with E-state index in [1.165, 1.54) is 5.56 Å². The molecular formula is C21H24N4OS. The minimum atomic E-state index is 0.0942. The van der Waals surface area contributed by atoms with Crippen molar-refractivity contribution in [3.8, 4) is 0 Å². The maximum Gasteiger partial charge on any atom is 0.223 e. The first kappa shape index (κ1) is 17.9. The van der Waals surface area contributed by atoms with Crippen molar-refractivity contribution in [2.75, 3.05) is 24.5 Å². The quantitative estimate of drug-likeness (QED) is 0.731. The summed E-state index contributed by atoms with van der Waals surface area (Å²) >= 11 is 1.63. The summed E-state index contributed by atoms with van der Waals surface area (Å²) in [7, 11) is 0. The Bertz CT molecular complexity index is 870. The summed E-state index contributed by atoms with van der Waals surface area (Å²) in [6.45, 7) is 4.57. The Labute approximate surface area is 163 Å². The number of carbonyl (C=O) groups is 1. The van der Waals surface area contributed by atoms with E-state index < -0.39 is 0 Å². The van der Waals surface area contributed by atoms with Crippen LogP contribution in [0, 0.1) is 5.92 Å². The number of nitrogens with one attached hydrogen (secondary N) is 1. The number of anilines is 1. The van der Waals surface area contributed by atoms with Gasteiger partial charge in [-0.1, -0.05) is 48.6 Å². The third-order valence-electron chi connectivity index (χ3n) is 5.24. The molecule has 0 spiro atoms. The number of hydrogen-bond donors (Lipinski definition) is 1. The molecule has 1 atom stereocenters. The maximum absolute atomic E-state index is 12.6. The SMILES string of the molecule is CC(CNC(=O)C1CCN(c2nc3cccnc3s2)CC1)c1ccccc1. The van der Waals surface area contributed by atoms with Gasteiger partial charge in [-0.2, -0.15) is 0 Å². The molecule has 2 aromatic heterocycles. The van der Waals surface area contributed by atoms with Crippen molar-refractivity contribution in [2.24, 2.45) is 5.92 Å². The standard InChI is InChI=1S/C21H24N4OS/c1-15(16-6-3-2-4-7-16)14-23-19(26)17-9-12-25(13-10-17)21-24-18-8-5-11-22-20(18)27-21/h2-8,11,15,17H,9-10,12-14H2,1H3,(H,23,26). The van der Waals surface area contributed by atoms with E-state index in [0.29, 0.717) is 12.5 Å². The zero-order chi connectivity index (χ0) is 18.6. The summed E-state index contributed by atoms with van der Waals surface area (Å²) in [4.78, 5) is 24.9. The smallest absolute Gasteiger partial charge is 0.223 e. The molecule has 3 aromatic rings. The van der Waals surface area contributed by atoms with Crippen molar-refractivity contribution in [2.45, 2.75) is 25.7 Å². The van der Waals surface area contributed by atoms with Gasteiger partial charge in [-0.15, -0.1) is 0 Å². The third-order valence-corrected chi connectivity index (χ3v) is 6.28. The number of benzene rings is 1. The van der Waals surface area contributed by atoms with E-state index in [2.05, 4.69) is 39.2 Å². The Morgan fingerprint density at radius 3 is 2.74 bits per heavy atom. The summed E-state index contributed by atoms with van der Waals surface area (Å²) in [5.74, 6) is 0.602. The first-order valence-corrected chi connectivity index (χ1v) is 10.3. The highest BCUT2D eigenvalue weighted by Crippen LogP contribution is 2.30. The van der Waals surface area contributed by atoms with Gasteiger partial charge in [-0.3, -0.25) is 4.79 Å². The molecule has 140 valence electrons. The van der Waals surface area contributed by atoms with Gasteiger partial charge in [0, 0.05) is 31.7 Å². The number of thiazole rings is 1. The second kappa shape index (κ2) is 8.05. The molecule has 1 fully saturated rings. The average Bonchev–Trinajstić information content (AvgIpc) is 3.17. The van der Waals surface area contributed by atoms with Crippen molar-refractivity contribution in [3.05, 3.63) is 54.2 Å². The van der Waals surface area contributed by atoms with Gasteiger partial charge in [0.25, 0.3) is 0 Å². The van der Waals surface area contributed by atoms with E-state index in [-0.39, 0.29) is 11.8 Å². The summed E-state index contributed by atoms with van der Waals surface area (Å²) in [5, 5.41) is 4.16. The van der Waals surface area contributed by atoms with Crippen LogP contribution in [-0.4, -0.2) is 35.5 Å². The fourth-order valence-electron chi connectivity index (χ4n) is 3.52. The Balaban J connectivity index is 1.29. The number of fused-ring (bicyclic) bond motifs is 1. The Hall–Kier alpha value is -2.47. The molecule has 1 saturated heterocycles. The minimum absolute atomic E-state index is 0.0942. The lowest BCUT2D eigenvalue weighted by Gasteiger charge is -2.31. The van der Waals surface area contributed by atoms with Crippen LogP contribution < -0.4 is 10.2 Å². The number of aromatic nitrogens is 2. The molecule has 0 radical (unpaired) electrons. The number of rotatable bonds is 5. The van der Waals surface area contributed by atoms with Gasteiger partial charge in [0.2, 0.25) is 5.91 Å². The number of amides is 1. The lowest BCUT2D eigenvalue weighted by Crippen LogP contribution is -2.41. The number of nitrogens with zero attached hydrogens (tertiary/aromatic N) is 3. The van der Waals surface area contributed by atoms with Crippen LogP contribution in [-0.2, 0) is 4.79 Å². The fourth-order valence-corrected chi connectivity index (χ4v) is 4.48. The molecule has 5 nitrogen and oxygen atoms in total. The Kier molecular flexibility index (Phi) is 5.34. The van der Waals surface area contributed by atoms with E-state index in [9.17, 15) is 4.79 Å². The van der Waals surface area contributed by atoms with Crippen molar-refractivity contribution in [1.29, 1.82) is 0 Å². The van der Waals surface area contributed by atoms with Crippen LogP contribution in [0.3, 0.4) is 0 Å². The molecular weight excluding hydrogens is 356 g/mol. The second-order valence-electron chi connectivity index (χ2n) is 7.14. The van der Waals surface area contributed by atoms with E-state index in [0.717, 1.165) is 41.4 Å². The highest BCUT2D eigenvalue weighted by atomic mass is 32.1. The monoisotopic (exact) mass is 380 g/mol. The summed E-state index contributed by atoms with van der Waals surface area (Å²) in [6, 6.07) is 14.2. The highest BCUT2D eigenvalue weighted by molar-refractivity contribution is 7.21. The second-order valence-corrected chi connectivity index (χ2v) is 8.10. The van der Waals surface area contributed by atoms with E-state index >= 15 is 0 Å². The van der Waals surface area contributed by atoms with Gasteiger partial charge in [0.15, 0.2) is 5.13 Å². The van der Waals surface area contributed by atoms with Gasteiger partial charge >= 0.3 is 0 Å². The maximum atomic E-state index is 12.6. The molecule has 1 N–H and O–H groups in total. The molecule has 1 aliphatic rings. The summed E-state index contributed by atoms with van der Waals surface area (Å²) < 4.78 is 0. The van der Waals surface area contributed by atoms with Gasteiger partial charge in [-0.25, -0.2) is 9.97 Å². The molecule has 1 aliphatic heterocycles. The summed E-state index contributed by atoms with van der Waals surface area (Å²) in [6.07, 6.45) is 3.54. The van der Waals surface area contributed by atoms with Crippen molar-refractivity contribution in [3.63, 3.8) is 0 Å². The van der Waals surface area contributed by atoms with E-state index in [1.807, 2.05) is 30.3 Å². The largest absolute Gasteiger partial charge is 0.355 e. The molecule has 3 heterocycles. The Morgan fingerprint density at radius 1 is 1.22 bits per heavy atom. The van der Waals surface area contributed by atoms with Crippen molar-refractivity contribution in [1.82, 2.24) is 15.3 Å². The molecule has 4 rings (SSSR count). The first-order chi connectivity index (χ1) is 13.2. The lowest BCUT2D eigenvalue weighted by atomic mass is 9.95. The molecule has 1 unspecified atom stereocenters. The van der Waals surface area contributed by atoms with Crippen LogP contribution in [0.4, 0.5) is 5.13 Å². The van der Waals surface area contributed by atoms with Gasteiger partial charge in [0.1, 0.15) is 10.3 Å². The molecule has 1 aromatic carbocycles. The topological polar surface area (TPSA) is 58.1 Å². The van der Waals surface area contributed by atoms with Crippen LogP contribution in [0.25, 0.3) is 10.3 Å². The van der Waals surface area contributed by atoms with Gasteiger partial charge in [0.05, 0.1) is 0 Å². The van der Waals surface area contributed by atoms with Gasteiger partial charge in [-0.05, 0) is 36.5 Å². The van der Waals surface area contributed by atoms with Crippen LogP contribution in [0.15, 0.2) is 48.7 Å². The number of pyridine rings is 1. The van der Waals surface area contributed by atoms with Crippen LogP contribution in [0.5, 0.6) is 0 Å². The van der Waals surface area contributed by atoms with Crippen LogP contribution in [0.1, 0.15) is 31.2 Å². The van der Waals surface area contributed by atoms with Crippen LogP contribution >= 0.6 is 11.3 Å². The molecule has 6 heteroatoms. The third kappa shape index (κ3) is 4.11. The minimum Gasteiger partial charge on any atom is -0.355 e. The number of piperidine rings is 1. The number of carbonyl (C=O) groups excluding carboxylic acids is 1. The summed E-state index contributed by atoms with van der Waals surface area (Å²) in [5.41, 5.74) is 2.21.